The molecule has 0 amide bonds. The highest BCUT2D eigenvalue weighted by atomic mass is 16.5. The van der Waals surface area contributed by atoms with Crippen molar-refractivity contribution < 1.29 is 14.6 Å². The summed E-state index contributed by atoms with van der Waals surface area (Å²) in [4.78, 5) is 11.1. The van der Waals surface area contributed by atoms with Crippen LogP contribution in [-0.4, -0.2) is 29.8 Å². The summed E-state index contributed by atoms with van der Waals surface area (Å²) in [5.41, 5.74) is 2.03. The Labute approximate surface area is 108 Å². The van der Waals surface area contributed by atoms with Gasteiger partial charge in [-0.05, 0) is 25.0 Å². The highest BCUT2D eigenvalue weighted by Gasteiger charge is 2.19. The zero-order chi connectivity index (χ0) is 13.7. The maximum atomic E-state index is 11.1. The maximum Gasteiger partial charge on any atom is 0.324 e. The Bertz CT molecular complexity index is 395. The first-order valence-corrected chi connectivity index (χ1v) is 6.09. The first kappa shape index (κ1) is 14.5. The number of para-hydroxylation sites is 1. The molecule has 0 aromatic heterocycles. The standard InChI is InChI=1S/C14H21NO3/c1-9(2)15-12(14(16)17)8-18-13-10(3)6-5-7-11(13)4/h5-7,9,12,15H,8H2,1-4H3,(H,16,17). The number of benzene rings is 1. The van der Waals surface area contributed by atoms with E-state index < -0.39 is 12.0 Å². The number of nitrogens with one attached hydrogen (secondary N) is 1. The lowest BCUT2D eigenvalue weighted by molar-refractivity contribution is -0.140. The zero-order valence-corrected chi connectivity index (χ0v) is 11.4. The highest BCUT2D eigenvalue weighted by Crippen LogP contribution is 2.22. The van der Waals surface area contributed by atoms with Gasteiger partial charge >= 0.3 is 5.97 Å². The summed E-state index contributed by atoms with van der Waals surface area (Å²) in [5, 5.41) is 12.1. The van der Waals surface area contributed by atoms with Gasteiger partial charge < -0.3 is 9.84 Å². The van der Waals surface area contributed by atoms with Gasteiger partial charge in [0.15, 0.2) is 0 Å². The topological polar surface area (TPSA) is 58.6 Å². The van der Waals surface area contributed by atoms with Crippen molar-refractivity contribution in [2.75, 3.05) is 6.61 Å². The van der Waals surface area contributed by atoms with Crippen molar-refractivity contribution in [2.24, 2.45) is 0 Å². The predicted molar refractivity (Wildman–Crippen MR) is 71.1 cm³/mol. The van der Waals surface area contributed by atoms with Crippen molar-refractivity contribution in [3.63, 3.8) is 0 Å². The summed E-state index contributed by atoms with van der Waals surface area (Å²) in [5.74, 6) is -0.121. The van der Waals surface area contributed by atoms with E-state index in [2.05, 4.69) is 5.32 Å². The molecular weight excluding hydrogens is 230 g/mol. The smallest absolute Gasteiger partial charge is 0.324 e. The number of carboxylic acid groups (broad SMARTS) is 1. The van der Waals surface area contributed by atoms with E-state index in [1.54, 1.807) is 0 Å². The molecule has 0 aliphatic rings. The van der Waals surface area contributed by atoms with Crippen molar-refractivity contribution in [3.8, 4) is 5.75 Å². The van der Waals surface area contributed by atoms with Gasteiger partial charge in [0, 0.05) is 6.04 Å². The molecule has 0 aliphatic carbocycles. The lowest BCUT2D eigenvalue weighted by atomic mass is 10.1. The van der Waals surface area contributed by atoms with Gasteiger partial charge in [0.05, 0.1) is 0 Å². The van der Waals surface area contributed by atoms with Gasteiger partial charge in [0.2, 0.25) is 0 Å². The van der Waals surface area contributed by atoms with E-state index in [4.69, 9.17) is 9.84 Å². The number of carboxylic acids is 1. The molecule has 100 valence electrons. The first-order valence-electron chi connectivity index (χ1n) is 6.09. The fraction of sp³-hybridized carbons (Fsp3) is 0.500. The average molecular weight is 251 g/mol. The molecule has 0 spiro atoms. The van der Waals surface area contributed by atoms with Crippen LogP contribution in [0.15, 0.2) is 18.2 Å². The minimum Gasteiger partial charge on any atom is -0.491 e. The summed E-state index contributed by atoms with van der Waals surface area (Å²) in [6.07, 6.45) is 0. The average Bonchev–Trinajstić information content (AvgIpc) is 2.26. The summed E-state index contributed by atoms with van der Waals surface area (Å²) >= 11 is 0. The molecule has 0 bridgehead atoms. The number of aliphatic carboxylic acids is 1. The Hall–Kier alpha value is -1.55. The Kier molecular flexibility index (Phi) is 5.16. The molecule has 0 radical (unpaired) electrons. The van der Waals surface area contributed by atoms with Crippen molar-refractivity contribution in [3.05, 3.63) is 29.3 Å². The third kappa shape index (κ3) is 4.04. The third-order valence-electron chi connectivity index (χ3n) is 2.64. The molecule has 1 atom stereocenters. The first-order chi connectivity index (χ1) is 8.41. The number of carbonyl (C=O) groups is 1. The van der Waals surface area contributed by atoms with Crippen molar-refractivity contribution in [2.45, 2.75) is 39.8 Å². The SMILES string of the molecule is Cc1cccc(C)c1OCC(NC(C)C)C(=O)O. The van der Waals surface area contributed by atoms with E-state index in [1.807, 2.05) is 45.9 Å². The van der Waals surface area contributed by atoms with Gasteiger partial charge in [0.25, 0.3) is 0 Å². The number of aryl methyl sites for hydroxylation is 2. The Morgan fingerprint density at radius 1 is 1.33 bits per heavy atom. The van der Waals surface area contributed by atoms with E-state index >= 15 is 0 Å². The van der Waals surface area contributed by atoms with Crippen molar-refractivity contribution >= 4 is 5.97 Å². The van der Waals surface area contributed by atoms with Gasteiger partial charge in [-0.25, -0.2) is 0 Å². The van der Waals surface area contributed by atoms with Gasteiger partial charge in [-0.2, -0.15) is 0 Å². The van der Waals surface area contributed by atoms with Gasteiger partial charge in [-0.1, -0.05) is 32.0 Å². The quantitative estimate of drug-likeness (QED) is 0.813. The number of hydrogen-bond acceptors (Lipinski definition) is 3. The fourth-order valence-electron chi connectivity index (χ4n) is 1.79. The van der Waals surface area contributed by atoms with Crippen LogP contribution in [0.25, 0.3) is 0 Å². The van der Waals surface area contributed by atoms with E-state index in [1.165, 1.54) is 0 Å². The largest absolute Gasteiger partial charge is 0.491 e. The summed E-state index contributed by atoms with van der Waals surface area (Å²) in [7, 11) is 0. The van der Waals surface area contributed by atoms with E-state index in [0.29, 0.717) is 0 Å². The van der Waals surface area contributed by atoms with Crippen LogP contribution >= 0.6 is 0 Å². The minimum atomic E-state index is -0.894. The Morgan fingerprint density at radius 2 is 1.89 bits per heavy atom. The van der Waals surface area contributed by atoms with Crippen molar-refractivity contribution in [1.29, 1.82) is 0 Å². The van der Waals surface area contributed by atoms with Crippen LogP contribution in [0.5, 0.6) is 5.75 Å². The summed E-state index contributed by atoms with van der Waals surface area (Å²) in [6.45, 7) is 7.85. The van der Waals surface area contributed by atoms with Gasteiger partial charge in [0.1, 0.15) is 18.4 Å². The van der Waals surface area contributed by atoms with Crippen molar-refractivity contribution in [1.82, 2.24) is 5.32 Å². The molecule has 4 heteroatoms. The second-order valence-electron chi connectivity index (χ2n) is 4.74. The molecule has 0 aliphatic heterocycles. The Balaban J connectivity index is 2.70. The molecular formula is C14H21NO3. The molecule has 1 rings (SSSR count). The number of ether oxygens (including phenoxy) is 1. The molecule has 1 aromatic carbocycles. The highest BCUT2D eigenvalue weighted by molar-refractivity contribution is 5.73. The van der Waals surface area contributed by atoms with E-state index in [0.717, 1.165) is 16.9 Å². The summed E-state index contributed by atoms with van der Waals surface area (Å²) < 4.78 is 5.65. The minimum absolute atomic E-state index is 0.104. The van der Waals surface area contributed by atoms with Crippen LogP contribution < -0.4 is 10.1 Å². The number of hydrogen-bond donors (Lipinski definition) is 2. The third-order valence-corrected chi connectivity index (χ3v) is 2.64. The fourth-order valence-corrected chi connectivity index (χ4v) is 1.79. The van der Waals surface area contributed by atoms with Crippen LogP contribution in [-0.2, 0) is 4.79 Å². The van der Waals surface area contributed by atoms with E-state index in [9.17, 15) is 4.79 Å². The maximum absolute atomic E-state index is 11.1. The molecule has 1 unspecified atom stereocenters. The van der Waals surface area contributed by atoms with Crippen LogP contribution in [0.2, 0.25) is 0 Å². The van der Waals surface area contributed by atoms with Crippen LogP contribution in [0, 0.1) is 13.8 Å². The molecule has 0 fully saturated rings. The van der Waals surface area contributed by atoms with Crippen LogP contribution in [0.4, 0.5) is 0 Å². The Morgan fingerprint density at radius 3 is 2.33 bits per heavy atom. The normalized spacial score (nSPS) is 12.5. The molecule has 2 N–H and O–H groups in total. The van der Waals surface area contributed by atoms with E-state index in [-0.39, 0.29) is 12.6 Å². The molecule has 18 heavy (non-hydrogen) atoms. The number of rotatable bonds is 6. The molecule has 1 aromatic rings. The summed E-state index contributed by atoms with van der Waals surface area (Å²) in [6, 6.07) is 5.28. The zero-order valence-electron chi connectivity index (χ0n) is 11.4. The second-order valence-corrected chi connectivity index (χ2v) is 4.74. The monoisotopic (exact) mass is 251 g/mol. The second kappa shape index (κ2) is 6.40. The lowest BCUT2D eigenvalue weighted by Gasteiger charge is -2.19. The molecule has 0 saturated carbocycles. The van der Waals surface area contributed by atoms with Crippen LogP contribution in [0.1, 0.15) is 25.0 Å². The molecule has 0 heterocycles. The molecule has 4 nitrogen and oxygen atoms in total. The van der Waals surface area contributed by atoms with Crippen LogP contribution in [0.3, 0.4) is 0 Å². The molecule has 0 saturated heterocycles. The van der Waals surface area contributed by atoms with Gasteiger partial charge in [-0.3, -0.25) is 10.1 Å². The van der Waals surface area contributed by atoms with Gasteiger partial charge in [-0.15, -0.1) is 0 Å². The lowest BCUT2D eigenvalue weighted by Crippen LogP contribution is -2.44. The predicted octanol–water partition coefficient (Wildman–Crippen LogP) is 2.13.